The van der Waals surface area contributed by atoms with E-state index in [1.165, 1.54) is 0 Å². The molecule has 0 saturated carbocycles. The van der Waals surface area contributed by atoms with Crippen molar-refractivity contribution in [2.24, 2.45) is 5.73 Å². The summed E-state index contributed by atoms with van der Waals surface area (Å²) in [5.41, 5.74) is 8.45. The number of rotatable bonds is 6. The highest BCUT2D eigenvalue weighted by molar-refractivity contribution is 8.01. The number of anilines is 2. The van der Waals surface area contributed by atoms with E-state index in [2.05, 4.69) is 21.6 Å². The fraction of sp³-hybridized carbons (Fsp3) is 0.192. The lowest BCUT2D eigenvalue weighted by Gasteiger charge is -2.38. The molecule has 3 N–H and O–H groups in total. The number of hydrogen-bond acceptors (Lipinski definition) is 9. The quantitative estimate of drug-likeness (QED) is 0.364. The fourth-order valence-corrected chi connectivity index (χ4v) is 6.46. The molecule has 0 fully saturated rings. The smallest absolute Gasteiger partial charge is 0.234 e. The number of ketones is 1. The summed E-state index contributed by atoms with van der Waals surface area (Å²) in [6.45, 7) is 0. The summed E-state index contributed by atoms with van der Waals surface area (Å²) in [6, 6.07) is 12.1. The van der Waals surface area contributed by atoms with Crippen molar-refractivity contribution in [2.75, 3.05) is 16.0 Å². The fourth-order valence-electron chi connectivity index (χ4n) is 4.58. The summed E-state index contributed by atoms with van der Waals surface area (Å²) in [7, 11) is 0. The van der Waals surface area contributed by atoms with Crippen molar-refractivity contribution in [2.45, 2.75) is 29.5 Å². The SMILES string of the molecule is N#CC1=C(N)N(c2nnc(SCC(=O)Nc3ccc(F)cc3F)s2)C2=C(C(=O)CCC2)C1c1cccc(Cl)c1. The molecule has 2 aromatic carbocycles. The van der Waals surface area contributed by atoms with Crippen LogP contribution in [0.15, 0.2) is 69.5 Å². The largest absolute Gasteiger partial charge is 0.384 e. The molecule has 1 amide bonds. The first-order valence-corrected chi connectivity index (χ1v) is 13.9. The van der Waals surface area contributed by atoms with Crippen molar-refractivity contribution in [1.29, 1.82) is 5.26 Å². The summed E-state index contributed by atoms with van der Waals surface area (Å²) in [5, 5.41) is 21.7. The van der Waals surface area contributed by atoms with E-state index in [9.17, 15) is 23.6 Å². The van der Waals surface area contributed by atoms with E-state index in [0.717, 1.165) is 35.2 Å². The Morgan fingerprint density at radius 2 is 2.08 bits per heavy atom. The number of Topliss-reactive ketones (excluding diaryl/α,β-unsaturated/α-hetero) is 1. The molecule has 2 aliphatic rings. The third-order valence-electron chi connectivity index (χ3n) is 6.21. The van der Waals surface area contributed by atoms with Gasteiger partial charge in [0.25, 0.3) is 0 Å². The maximum absolute atomic E-state index is 13.8. The number of halogens is 3. The van der Waals surface area contributed by atoms with Crippen LogP contribution < -0.4 is 16.0 Å². The lowest BCUT2D eigenvalue weighted by Crippen LogP contribution is -2.38. The molecule has 5 rings (SSSR count). The highest BCUT2D eigenvalue weighted by Gasteiger charge is 2.41. The third-order valence-corrected chi connectivity index (χ3v) is 8.49. The number of nitrogens with one attached hydrogen (secondary N) is 1. The van der Waals surface area contributed by atoms with Crippen molar-refractivity contribution in [3.05, 3.63) is 87.3 Å². The van der Waals surface area contributed by atoms with Crippen molar-refractivity contribution >= 4 is 57.2 Å². The predicted octanol–water partition coefficient (Wildman–Crippen LogP) is 5.51. The second-order valence-electron chi connectivity index (χ2n) is 8.68. The summed E-state index contributed by atoms with van der Waals surface area (Å²) in [4.78, 5) is 27.1. The predicted molar refractivity (Wildman–Crippen MR) is 145 cm³/mol. The van der Waals surface area contributed by atoms with Gasteiger partial charge in [-0.1, -0.05) is 46.8 Å². The first kappa shape index (κ1) is 26.8. The van der Waals surface area contributed by atoms with Crippen molar-refractivity contribution in [3.63, 3.8) is 0 Å². The number of benzene rings is 2. The van der Waals surface area contributed by atoms with E-state index in [1.54, 1.807) is 23.1 Å². The van der Waals surface area contributed by atoms with Gasteiger partial charge >= 0.3 is 0 Å². The van der Waals surface area contributed by atoms with Crippen LogP contribution in [0.3, 0.4) is 0 Å². The molecule has 1 aliphatic carbocycles. The lowest BCUT2D eigenvalue weighted by atomic mass is 9.76. The van der Waals surface area contributed by atoms with Crippen LogP contribution in [-0.4, -0.2) is 27.6 Å². The molecule has 0 bridgehead atoms. The minimum atomic E-state index is -0.880. The normalized spacial score (nSPS) is 17.2. The molecule has 198 valence electrons. The maximum atomic E-state index is 13.8. The Hall–Kier alpha value is -3.79. The van der Waals surface area contributed by atoms with Gasteiger partial charge in [0.1, 0.15) is 17.5 Å². The van der Waals surface area contributed by atoms with Crippen LogP contribution in [0.4, 0.5) is 19.6 Å². The zero-order valence-electron chi connectivity index (χ0n) is 20.1. The van der Waals surface area contributed by atoms with Crippen molar-refractivity contribution in [3.8, 4) is 6.07 Å². The molecular weight excluding hydrogens is 566 g/mol. The Morgan fingerprint density at radius 1 is 1.26 bits per heavy atom. The van der Waals surface area contributed by atoms with E-state index in [0.29, 0.717) is 56.7 Å². The van der Waals surface area contributed by atoms with Crippen LogP contribution >= 0.6 is 34.7 Å². The Balaban J connectivity index is 1.41. The van der Waals surface area contributed by atoms with Gasteiger partial charge < -0.3 is 11.1 Å². The summed E-state index contributed by atoms with van der Waals surface area (Å²) in [5.74, 6) is -2.83. The molecular formula is C26H19ClF2N6O2S2. The number of aromatic nitrogens is 2. The van der Waals surface area contributed by atoms with E-state index >= 15 is 0 Å². The average Bonchev–Trinajstić information content (AvgIpc) is 3.37. The summed E-state index contributed by atoms with van der Waals surface area (Å²) < 4.78 is 27.4. The van der Waals surface area contributed by atoms with Gasteiger partial charge in [0.05, 0.1) is 29.0 Å². The van der Waals surface area contributed by atoms with Crippen LogP contribution in [0.25, 0.3) is 0 Å². The minimum Gasteiger partial charge on any atom is -0.384 e. The number of hydrogen-bond donors (Lipinski definition) is 2. The molecule has 8 nitrogen and oxygen atoms in total. The Bertz CT molecular complexity index is 1600. The minimum absolute atomic E-state index is 0.0738. The Labute approximate surface area is 235 Å². The van der Waals surface area contributed by atoms with E-state index in [1.807, 2.05) is 6.07 Å². The van der Waals surface area contributed by atoms with Crippen molar-refractivity contribution in [1.82, 2.24) is 10.2 Å². The van der Waals surface area contributed by atoms with Gasteiger partial charge in [-0.3, -0.25) is 14.5 Å². The van der Waals surface area contributed by atoms with Gasteiger partial charge in [-0.2, -0.15) is 5.26 Å². The van der Waals surface area contributed by atoms with Crippen LogP contribution in [0, 0.1) is 23.0 Å². The van der Waals surface area contributed by atoms with E-state index < -0.39 is 23.5 Å². The van der Waals surface area contributed by atoms with Gasteiger partial charge in [0, 0.05) is 28.8 Å². The summed E-state index contributed by atoms with van der Waals surface area (Å²) in [6.07, 6.45) is 1.51. The van der Waals surface area contributed by atoms with Crippen LogP contribution in [0.2, 0.25) is 5.02 Å². The monoisotopic (exact) mass is 584 g/mol. The first-order valence-electron chi connectivity index (χ1n) is 11.7. The molecule has 0 spiro atoms. The first-order chi connectivity index (χ1) is 18.8. The molecule has 2 heterocycles. The molecule has 39 heavy (non-hydrogen) atoms. The van der Waals surface area contributed by atoms with Gasteiger partial charge in [-0.15, -0.1) is 10.2 Å². The van der Waals surface area contributed by atoms with Gasteiger partial charge in [-0.25, -0.2) is 8.78 Å². The second-order valence-corrected chi connectivity index (χ2v) is 11.3. The molecule has 13 heteroatoms. The van der Waals surface area contributed by atoms with Crippen LogP contribution in [0.5, 0.6) is 0 Å². The number of nitrogens with two attached hydrogens (primary N) is 1. The van der Waals surface area contributed by atoms with Crippen molar-refractivity contribution < 1.29 is 18.4 Å². The Kier molecular flexibility index (Phi) is 7.65. The lowest BCUT2D eigenvalue weighted by molar-refractivity contribution is -0.116. The number of carbonyl (C=O) groups excluding carboxylic acids is 2. The van der Waals surface area contributed by atoms with Crippen LogP contribution in [-0.2, 0) is 9.59 Å². The number of thioether (sulfide) groups is 1. The highest BCUT2D eigenvalue weighted by Crippen LogP contribution is 2.47. The number of allylic oxidation sites excluding steroid dienone is 3. The van der Waals surface area contributed by atoms with E-state index in [-0.39, 0.29) is 28.6 Å². The van der Waals surface area contributed by atoms with Gasteiger partial charge in [-0.05, 0) is 42.7 Å². The zero-order valence-corrected chi connectivity index (χ0v) is 22.5. The number of amides is 1. The number of nitriles is 1. The van der Waals surface area contributed by atoms with Crippen LogP contribution in [0.1, 0.15) is 30.7 Å². The average molecular weight is 585 g/mol. The van der Waals surface area contributed by atoms with E-state index in [4.69, 9.17) is 17.3 Å². The number of carbonyl (C=O) groups is 2. The maximum Gasteiger partial charge on any atom is 0.234 e. The molecule has 1 aromatic heterocycles. The molecule has 1 unspecified atom stereocenters. The summed E-state index contributed by atoms with van der Waals surface area (Å²) >= 11 is 8.43. The topological polar surface area (TPSA) is 125 Å². The van der Waals surface area contributed by atoms with Gasteiger partial charge in [0.15, 0.2) is 10.1 Å². The molecule has 0 radical (unpaired) electrons. The third kappa shape index (κ3) is 5.38. The highest BCUT2D eigenvalue weighted by atomic mass is 35.5. The standard InChI is InChI=1S/C26H19ClF2N6O2S2/c27-14-4-1-3-13(9-14)22-16(11-30)24(31)35(19-5-2-6-20(36)23(19)22)25-33-34-26(39-25)38-12-21(37)32-18-8-7-15(28)10-17(18)29/h1,3-4,7-10,22H,2,5-6,12,31H2,(H,32,37). The molecule has 3 aromatic rings. The second kappa shape index (κ2) is 11.1. The molecule has 1 aliphatic heterocycles. The zero-order chi connectivity index (χ0) is 27.7. The Morgan fingerprint density at radius 3 is 2.82 bits per heavy atom. The molecule has 0 saturated heterocycles. The molecule has 1 atom stereocenters. The van der Waals surface area contributed by atoms with Gasteiger partial charge in [0.2, 0.25) is 11.0 Å². The number of nitrogens with zero attached hydrogens (tertiary/aromatic N) is 4.